The van der Waals surface area contributed by atoms with E-state index in [2.05, 4.69) is 20.4 Å². The van der Waals surface area contributed by atoms with Gasteiger partial charge in [0.1, 0.15) is 12.3 Å². The summed E-state index contributed by atoms with van der Waals surface area (Å²) in [4.78, 5) is 54.8. The van der Waals surface area contributed by atoms with E-state index in [0.29, 0.717) is 17.4 Å². The molecule has 0 bridgehead atoms. The van der Waals surface area contributed by atoms with Crippen LogP contribution in [-0.2, 0) is 9.59 Å². The molecule has 0 saturated carbocycles. The molecule has 9 nitrogen and oxygen atoms in total. The van der Waals surface area contributed by atoms with E-state index in [9.17, 15) is 19.2 Å². The molecule has 3 aliphatic rings. The summed E-state index contributed by atoms with van der Waals surface area (Å²) in [6.45, 7) is 6.99. The van der Waals surface area contributed by atoms with E-state index in [-0.39, 0.29) is 12.8 Å². The number of fused-ring (bicyclic) bond motifs is 1. The van der Waals surface area contributed by atoms with E-state index in [1.54, 1.807) is 12.1 Å². The Morgan fingerprint density at radius 3 is 2.48 bits per heavy atom. The molecule has 1 aromatic rings. The third kappa shape index (κ3) is 4.20. The number of carbonyl (C=O) groups is 4. The lowest BCUT2D eigenvalue weighted by atomic mass is 10.0. The van der Waals surface area contributed by atoms with Crippen molar-refractivity contribution in [2.24, 2.45) is 5.92 Å². The highest BCUT2D eigenvalue weighted by atomic mass is 16.2. The van der Waals surface area contributed by atoms with Gasteiger partial charge >= 0.3 is 0 Å². The third-order valence-corrected chi connectivity index (χ3v) is 6.44. The molecule has 2 fully saturated rings. The maximum atomic E-state index is 13.1. The summed E-state index contributed by atoms with van der Waals surface area (Å²) in [5.74, 6) is -0.662. The summed E-state index contributed by atoms with van der Waals surface area (Å²) in [6, 6.07) is 4.33. The number of aldehydes is 1. The van der Waals surface area contributed by atoms with E-state index in [1.165, 1.54) is 7.05 Å². The second kappa shape index (κ2) is 9.15. The average Bonchev–Trinajstić information content (AvgIpc) is 3.01. The van der Waals surface area contributed by atoms with Crippen molar-refractivity contribution < 1.29 is 19.2 Å². The first-order valence-electron chi connectivity index (χ1n) is 10.9. The van der Waals surface area contributed by atoms with Crippen molar-refractivity contribution in [2.75, 3.05) is 57.8 Å². The van der Waals surface area contributed by atoms with Gasteiger partial charge < -0.3 is 20.3 Å². The van der Waals surface area contributed by atoms with Gasteiger partial charge in [0.2, 0.25) is 5.91 Å². The van der Waals surface area contributed by atoms with Gasteiger partial charge in [0.25, 0.3) is 11.8 Å². The van der Waals surface area contributed by atoms with Crippen molar-refractivity contribution in [2.45, 2.75) is 18.9 Å². The molecule has 166 valence electrons. The van der Waals surface area contributed by atoms with Gasteiger partial charge in [0, 0.05) is 65.0 Å². The van der Waals surface area contributed by atoms with Gasteiger partial charge in [-0.2, -0.15) is 0 Å². The molecule has 4 rings (SSSR count). The summed E-state index contributed by atoms with van der Waals surface area (Å²) in [7, 11) is 1.45. The molecule has 0 radical (unpaired) electrons. The van der Waals surface area contributed by atoms with Crippen LogP contribution >= 0.6 is 0 Å². The molecular weight excluding hydrogens is 398 g/mol. The third-order valence-electron chi connectivity index (χ3n) is 6.44. The highest BCUT2D eigenvalue weighted by molar-refractivity contribution is 6.23. The Hall–Kier alpha value is -2.78. The van der Waals surface area contributed by atoms with E-state index >= 15 is 0 Å². The first-order valence-corrected chi connectivity index (χ1v) is 10.9. The summed E-state index contributed by atoms with van der Waals surface area (Å²) in [5.41, 5.74) is 1.55. The fraction of sp³-hybridized carbons (Fsp3) is 0.545. The van der Waals surface area contributed by atoms with E-state index in [0.717, 1.165) is 62.3 Å². The van der Waals surface area contributed by atoms with Crippen LogP contribution in [0.3, 0.4) is 0 Å². The van der Waals surface area contributed by atoms with E-state index in [1.807, 2.05) is 6.07 Å². The second-order valence-electron chi connectivity index (χ2n) is 8.40. The average molecular weight is 428 g/mol. The molecule has 3 heterocycles. The zero-order valence-electron chi connectivity index (χ0n) is 17.8. The zero-order valence-corrected chi connectivity index (χ0v) is 17.8. The SMILES string of the molecule is CNC(=O)C(CCC=O)N1C(=O)c2ccc(N3CCN(CC4CNC4)CC3)cc2C1=O. The molecule has 1 unspecified atom stereocenters. The van der Waals surface area contributed by atoms with Crippen molar-refractivity contribution in [3.8, 4) is 0 Å². The molecule has 31 heavy (non-hydrogen) atoms. The monoisotopic (exact) mass is 427 g/mol. The van der Waals surface area contributed by atoms with Crippen molar-refractivity contribution in [1.82, 2.24) is 20.4 Å². The molecule has 1 aromatic carbocycles. The van der Waals surface area contributed by atoms with Crippen molar-refractivity contribution in [3.05, 3.63) is 29.3 Å². The lowest BCUT2D eigenvalue weighted by Crippen LogP contribution is -2.53. The van der Waals surface area contributed by atoms with Crippen LogP contribution in [0.1, 0.15) is 33.6 Å². The van der Waals surface area contributed by atoms with Crippen LogP contribution in [0.5, 0.6) is 0 Å². The Morgan fingerprint density at radius 1 is 1.16 bits per heavy atom. The van der Waals surface area contributed by atoms with Crippen LogP contribution in [0.25, 0.3) is 0 Å². The fourth-order valence-electron chi connectivity index (χ4n) is 4.53. The van der Waals surface area contributed by atoms with Crippen LogP contribution in [0.2, 0.25) is 0 Å². The highest BCUT2D eigenvalue weighted by Gasteiger charge is 2.42. The summed E-state index contributed by atoms with van der Waals surface area (Å²) >= 11 is 0. The van der Waals surface area contributed by atoms with Gasteiger partial charge in [0.15, 0.2) is 0 Å². The molecule has 9 heteroatoms. The van der Waals surface area contributed by atoms with Crippen molar-refractivity contribution in [1.29, 1.82) is 0 Å². The molecule has 0 aromatic heterocycles. The van der Waals surface area contributed by atoms with Crippen LogP contribution in [0.15, 0.2) is 18.2 Å². The molecule has 2 N–H and O–H groups in total. The van der Waals surface area contributed by atoms with Crippen LogP contribution in [0, 0.1) is 5.92 Å². The first-order chi connectivity index (χ1) is 15.0. The Labute approximate surface area is 181 Å². The largest absolute Gasteiger partial charge is 0.369 e. The zero-order chi connectivity index (χ0) is 22.0. The number of hydrogen-bond donors (Lipinski definition) is 2. The number of anilines is 1. The standard InChI is InChI=1S/C22H29N5O4/c1-23-20(29)19(3-2-10-28)27-21(30)17-5-4-16(11-18(17)22(27)31)26-8-6-25(7-9-26)14-15-12-24-13-15/h4-5,10-11,15,19,24H,2-3,6-9,12-14H2,1H3,(H,23,29). The number of imide groups is 1. The van der Waals surface area contributed by atoms with Gasteiger partial charge in [-0.15, -0.1) is 0 Å². The van der Waals surface area contributed by atoms with E-state index in [4.69, 9.17) is 0 Å². The van der Waals surface area contributed by atoms with Crippen LogP contribution in [-0.4, -0.2) is 92.7 Å². The Balaban J connectivity index is 1.47. The molecule has 3 amide bonds. The number of amides is 3. The van der Waals surface area contributed by atoms with E-state index < -0.39 is 23.8 Å². The number of carbonyl (C=O) groups excluding carboxylic acids is 4. The van der Waals surface area contributed by atoms with Crippen LogP contribution in [0.4, 0.5) is 5.69 Å². The fourth-order valence-corrected chi connectivity index (χ4v) is 4.53. The molecule has 3 aliphatic heterocycles. The minimum Gasteiger partial charge on any atom is -0.369 e. The predicted octanol–water partition coefficient (Wildman–Crippen LogP) is -0.282. The number of likely N-dealkylation sites (N-methyl/N-ethyl adjacent to an activating group) is 1. The minimum absolute atomic E-state index is 0.0952. The highest BCUT2D eigenvalue weighted by Crippen LogP contribution is 2.30. The van der Waals surface area contributed by atoms with Crippen molar-refractivity contribution in [3.63, 3.8) is 0 Å². The molecule has 0 spiro atoms. The summed E-state index contributed by atoms with van der Waals surface area (Å²) < 4.78 is 0. The number of hydrogen-bond acceptors (Lipinski definition) is 7. The summed E-state index contributed by atoms with van der Waals surface area (Å²) in [6.07, 6.45) is 0.894. The number of rotatable bonds is 8. The maximum Gasteiger partial charge on any atom is 0.262 e. The van der Waals surface area contributed by atoms with Crippen molar-refractivity contribution >= 4 is 29.7 Å². The Bertz CT molecular complexity index is 877. The molecular formula is C22H29N5O4. The second-order valence-corrected chi connectivity index (χ2v) is 8.40. The smallest absolute Gasteiger partial charge is 0.262 e. The van der Waals surface area contributed by atoms with Gasteiger partial charge in [-0.3, -0.25) is 24.2 Å². The normalized spacial score (nSPS) is 20.4. The number of nitrogens with zero attached hydrogens (tertiary/aromatic N) is 3. The predicted molar refractivity (Wildman–Crippen MR) is 115 cm³/mol. The van der Waals surface area contributed by atoms with Gasteiger partial charge in [-0.1, -0.05) is 0 Å². The first kappa shape index (κ1) is 21.5. The lowest BCUT2D eigenvalue weighted by molar-refractivity contribution is -0.124. The quantitative estimate of drug-likeness (QED) is 0.435. The number of benzene rings is 1. The van der Waals surface area contributed by atoms with Crippen LogP contribution < -0.4 is 15.5 Å². The Kier molecular flexibility index (Phi) is 6.33. The molecule has 0 aliphatic carbocycles. The van der Waals surface area contributed by atoms with Gasteiger partial charge in [-0.05, 0) is 30.5 Å². The maximum absolute atomic E-state index is 13.1. The van der Waals surface area contributed by atoms with Gasteiger partial charge in [-0.25, -0.2) is 0 Å². The topological polar surface area (TPSA) is 102 Å². The number of nitrogens with one attached hydrogen (secondary N) is 2. The molecule has 1 atom stereocenters. The summed E-state index contributed by atoms with van der Waals surface area (Å²) in [5, 5.41) is 5.80. The minimum atomic E-state index is -0.990. The molecule has 2 saturated heterocycles. The Morgan fingerprint density at radius 2 is 1.87 bits per heavy atom. The lowest BCUT2D eigenvalue weighted by Gasteiger charge is -2.39. The number of piperazine rings is 1. The van der Waals surface area contributed by atoms with Gasteiger partial charge in [0.05, 0.1) is 11.1 Å².